The van der Waals surface area contributed by atoms with E-state index < -0.39 is 10.0 Å². The zero-order chi connectivity index (χ0) is 16.2. The number of carbonyl (C=O) groups excluding carboxylic acids is 1. The number of hydrogen-bond donors (Lipinski definition) is 1. The summed E-state index contributed by atoms with van der Waals surface area (Å²) in [5.41, 5.74) is 0.701. The summed E-state index contributed by atoms with van der Waals surface area (Å²) in [4.78, 5) is 13.2. The first-order chi connectivity index (χ1) is 9.65. The highest BCUT2D eigenvalue weighted by Gasteiger charge is 2.17. The van der Waals surface area contributed by atoms with Crippen LogP contribution >= 0.6 is 11.6 Å². The predicted octanol–water partition coefficient (Wildman–Crippen LogP) is 2.18. The molecule has 1 aromatic carbocycles. The van der Waals surface area contributed by atoms with Crippen molar-refractivity contribution in [1.82, 2.24) is 9.62 Å². The molecule has 1 aromatic rings. The Labute approximate surface area is 131 Å². The molecule has 0 bridgehead atoms. The van der Waals surface area contributed by atoms with Crippen LogP contribution in [0.3, 0.4) is 0 Å². The molecule has 0 spiro atoms. The normalized spacial score (nSPS) is 11.7. The van der Waals surface area contributed by atoms with E-state index in [0.717, 1.165) is 0 Å². The van der Waals surface area contributed by atoms with Crippen molar-refractivity contribution in [2.45, 2.75) is 38.6 Å². The number of amides is 1. The van der Waals surface area contributed by atoms with Crippen LogP contribution in [0.1, 0.15) is 26.3 Å². The Hall–Kier alpha value is -1.11. The maximum Gasteiger partial charge on any atom is 0.240 e. The third-order valence-corrected chi connectivity index (χ3v) is 5.00. The van der Waals surface area contributed by atoms with Gasteiger partial charge in [0.2, 0.25) is 15.9 Å². The number of rotatable bonds is 6. The highest BCUT2D eigenvalue weighted by Crippen LogP contribution is 2.19. The third-order valence-electron chi connectivity index (χ3n) is 3.11. The molecule has 0 heterocycles. The van der Waals surface area contributed by atoms with Gasteiger partial charge in [-0.2, -0.15) is 0 Å². The molecule has 118 valence electrons. The van der Waals surface area contributed by atoms with Crippen molar-refractivity contribution in [2.75, 3.05) is 13.1 Å². The Morgan fingerprint density at radius 3 is 2.48 bits per heavy atom. The molecule has 0 aromatic heterocycles. The van der Waals surface area contributed by atoms with Gasteiger partial charge in [-0.05, 0) is 44.5 Å². The zero-order valence-corrected chi connectivity index (χ0v) is 14.3. The molecule has 7 heteroatoms. The lowest BCUT2D eigenvalue weighted by Crippen LogP contribution is -2.41. The van der Waals surface area contributed by atoms with E-state index in [2.05, 4.69) is 4.72 Å². The molecule has 0 aliphatic carbocycles. The smallest absolute Gasteiger partial charge is 0.240 e. The van der Waals surface area contributed by atoms with Crippen LogP contribution in [0.4, 0.5) is 0 Å². The van der Waals surface area contributed by atoms with Crippen LogP contribution in [0.15, 0.2) is 23.1 Å². The molecule has 1 N–H and O–H groups in total. The standard InChI is InChI=1S/C14H21ClN2O3S/c1-10(2)17(12(4)18)8-7-16-21(19,20)13-5-6-14(15)11(3)9-13/h5-6,9-10,16H,7-8H2,1-4H3. The van der Waals surface area contributed by atoms with E-state index in [1.54, 1.807) is 17.9 Å². The van der Waals surface area contributed by atoms with Gasteiger partial charge in [0.25, 0.3) is 0 Å². The number of carbonyl (C=O) groups is 1. The van der Waals surface area contributed by atoms with Crippen molar-refractivity contribution in [3.8, 4) is 0 Å². The van der Waals surface area contributed by atoms with Gasteiger partial charge in [0.05, 0.1) is 4.90 Å². The number of benzene rings is 1. The van der Waals surface area contributed by atoms with E-state index in [1.807, 2.05) is 13.8 Å². The highest BCUT2D eigenvalue weighted by atomic mass is 35.5. The van der Waals surface area contributed by atoms with Crippen molar-refractivity contribution in [3.05, 3.63) is 28.8 Å². The first kappa shape index (κ1) is 17.9. The summed E-state index contributed by atoms with van der Waals surface area (Å²) in [5, 5.41) is 0.525. The first-order valence-corrected chi connectivity index (χ1v) is 8.54. The molecule has 0 aliphatic rings. The monoisotopic (exact) mass is 332 g/mol. The van der Waals surface area contributed by atoms with E-state index in [-0.39, 0.29) is 23.4 Å². The zero-order valence-electron chi connectivity index (χ0n) is 12.7. The van der Waals surface area contributed by atoms with Crippen LogP contribution < -0.4 is 4.72 Å². The Balaban J connectivity index is 2.73. The lowest BCUT2D eigenvalue weighted by Gasteiger charge is -2.25. The molecule has 0 atom stereocenters. The van der Waals surface area contributed by atoms with E-state index in [4.69, 9.17) is 11.6 Å². The van der Waals surface area contributed by atoms with Crippen molar-refractivity contribution >= 4 is 27.5 Å². The topological polar surface area (TPSA) is 66.5 Å². The van der Waals surface area contributed by atoms with Gasteiger partial charge in [-0.15, -0.1) is 0 Å². The summed E-state index contributed by atoms with van der Waals surface area (Å²) in [7, 11) is -3.59. The van der Waals surface area contributed by atoms with Gasteiger partial charge in [-0.3, -0.25) is 4.79 Å². The van der Waals surface area contributed by atoms with Crippen LogP contribution in [0.5, 0.6) is 0 Å². The first-order valence-electron chi connectivity index (χ1n) is 6.68. The molecule has 21 heavy (non-hydrogen) atoms. The largest absolute Gasteiger partial charge is 0.339 e. The fourth-order valence-corrected chi connectivity index (χ4v) is 3.17. The van der Waals surface area contributed by atoms with Crippen LogP contribution in [0.25, 0.3) is 0 Å². The second-order valence-electron chi connectivity index (χ2n) is 5.11. The quantitative estimate of drug-likeness (QED) is 0.868. The van der Waals surface area contributed by atoms with Gasteiger partial charge in [0.15, 0.2) is 0 Å². The number of aryl methyl sites for hydroxylation is 1. The second kappa shape index (κ2) is 7.24. The summed E-state index contributed by atoms with van der Waals surface area (Å²) in [6.45, 7) is 7.49. The minimum absolute atomic E-state index is 0.0322. The fourth-order valence-electron chi connectivity index (χ4n) is 1.95. The Bertz CT molecular complexity index is 615. The van der Waals surface area contributed by atoms with E-state index >= 15 is 0 Å². The van der Waals surface area contributed by atoms with Crippen molar-refractivity contribution in [2.24, 2.45) is 0 Å². The number of nitrogens with zero attached hydrogens (tertiary/aromatic N) is 1. The van der Waals surface area contributed by atoms with Gasteiger partial charge in [-0.25, -0.2) is 13.1 Å². The molecule has 0 radical (unpaired) electrons. The third kappa shape index (κ3) is 4.98. The Kier molecular flexibility index (Phi) is 6.19. The predicted molar refractivity (Wildman–Crippen MR) is 83.9 cm³/mol. The number of nitrogens with one attached hydrogen (secondary N) is 1. The molecule has 0 saturated heterocycles. The minimum atomic E-state index is -3.59. The summed E-state index contributed by atoms with van der Waals surface area (Å²) >= 11 is 5.89. The van der Waals surface area contributed by atoms with Crippen molar-refractivity contribution in [3.63, 3.8) is 0 Å². The molecule has 1 rings (SSSR count). The Morgan fingerprint density at radius 1 is 1.38 bits per heavy atom. The SMILES string of the molecule is CC(=O)N(CCNS(=O)(=O)c1ccc(Cl)c(C)c1)C(C)C. The van der Waals surface area contributed by atoms with E-state index in [1.165, 1.54) is 19.1 Å². The fraction of sp³-hybridized carbons (Fsp3) is 0.500. The summed E-state index contributed by atoms with van der Waals surface area (Å²) in [6.07, 6.45) is 0. The lowest BCUT2D eigenvalue weighted by atomic mass is 10.2. The van der Waals surface area contributed by atoms with Crippen LogP contribution in [0.2, 0.25) is 5.02 Å². The van der Waals surface area contributed by atoms with Gasteiger partial charge in [0, 0.05) is 31.1 Å². The van der Waals surface area contributed by atoms with Crippen LogP contribution in [0, 0.1) is 6.92 Å². The molecular formula is C14H21ClN2O3S. The summed E-state index contributed by atoms with van der Waals surface area (Å²) in [5.74, 6) is -0.0773. The second-order valence-corrected chi connectivity index (χ2v) is 7.29. The maximum absolute atomic E-state index is 12.2. The molecular weight excluding hydrogens is 312 g/mol. The van der Waals surface area contributed by atoms with Crippen LogP contribution in [-0.2, 0) is 14.8 Å². The Morgan fingerprint density at radius 2 is 2.00 bits per heavy atom. The number of halogens is 1. The molecule has 0 unspecified atom stereocenters. The average molecular weight is 333 g/mol. The number of sulfonamides is 1. The van der Waals surface area contributed by atoms with Crippen molar-refractivity contribution in [1.29, 1.82) is 0 Å². The number of hydrogen-bond acceptors (Lipinski definition) is 3. The summed E-state index contributed by atoms with van der Waals surface area (Å²) in [6, 6.07) is 4.57. The van der Waals surface area contributed by atoms with Gasteiger partial charge in [0.1, 0.15) is 0 Å². The maximum atomic E-state index is 12.2. The van der Waals surface area contributed by atoms with Crippen molar-refractivity contribution < 1.29 is 13.2 Å². The van der Waals surface area contributed by atoms with Crippen LogP contribution in [-0.4, -0.2) is 38.4 Å². The lowest BCUT2D eigenvalue weighted by molar-refractivity contribution is -0.130. The van der Waals surface area contributed by atoms with E-state index in [9.17, 15) is 13.2 Å². The minimum Gasteiger partial charge on any atom is -0.339 e. The average Bonchev–Trinajstić information content (AvgIpc) is 2.36. The van der Waals surface area contributed by atoms with Gasteiger partial charge in [-0.1, -0.05) is 11.6 Å². The molecule has 0 fully saturated rings. The molecule has 1 amide bonds. The van der Waals surface area contributed by atoms with E-state index in [0.29, 0.717) is 17.1 Å². The summed E-state index contributed by atoms with van der Waals surface area (Å²) < 4.78 is 26.8. The highest BCUT2D eigenvalue weighted by molar-refractivity contribution is 7.89. The molecule has 0 saturated carbocycles. The van der Waals surface area contributed by atoms with Gasteiger partial charge >= 0.3 is 0 Å². The molecule has 0 aliphatic heterocycles. The molecule has 5 nitrogen and oxygen atoms in total. The van der Waals surface area contributed by atoms with Gasteiger partial charge < -0.3 is 4.90 Å².